The Labute approximate surface area is 267 Å². The van der Waals surface area contributed by atoms with E-state index in [0.717, 1.165) is 49.8 Å². The van der Waals surface area contributed by atoms with Crippen LogP contribution in [0.5, 0.6) is 0 Å². The molecule has 2 nitrogen and oxygen atoms in total. The van der Waals surface area contributed by atoms with Gasteiger partial charge in [0.1, 0.15) is 11.2 Å². The van der Waals surface area contributed by atoms with Gasteiger partial charge in [-0.15, -0.1) is 0 Å². The number of rotatable bonds is 5. The van der Waals surface area contributed by atoms with Gasteiger partial charge < -0.3 is 9.32 Å². The fourth-order valence-corrected chi connectivity index (χ4v) is 6.84. The average Bonchev–Trinajstić information content (AvgIpc) is 3.51. The molecule has 0 unspecified atom stereocenters. The van der Waals surface area contributed by atoms with Gasteiger partial charge in [-0.2, -0.15) is 0 Å². The fraction of sp³-hybridized carbons (Fsp3) is 0. The maximum atomic E-state index is 6.46. The first-order valence-electron chi connectivity index (χ1n) is 15.7. The monoisotopic (exact) mass is 587 g/mol. The van der Waals surface area contributed by atoms with Crippen molar-refractivity contribution in [2.24, 2.45) is 0 Å². The van der Waals surface area contributed by atoms with Crippen LogP contribution in [0.15, 0.2) is 180 Å². The van der Waals surface area contributed by atoms with Gasteiger partial charge in [-0.05, 0) is 69.4 Å². The number of hydrogen-bond acceptors (Lipinski definition) is 2. The zero-order chi connectivity index (χ0) is 30.5. The van der Waals surface area contributed by atoms with Gasteiger partial charge in [0.25, 0.3) is 0 Å². The van der Waals surface area contributed by atoms with Crippen LogP contribution in [0.25, 0.3) is 65.7 Å². The smallest absolute Gasteiger partial charge is 0.143 e. The lowest BCUT2D eigenvalue weighted by Crippen LogP contribution is -2.10. The van der Waals surface area contributed by atoms with Crippen molar-refractivity contribution in [3.63, 3.8) is 0 Å². The summed E-state index contributed by atoms with van der Waals surface area (Å²) >= 11 is 0. The first kappa shape index (κ1) is 26.3. The van der Waals surface area contributed by atoms with Crippen LogP contribution in [0.4, 0.5) is 17.1 Å². The summed E-state index contributed by atoms with van der Waals surface area (Å²) in [6.45, 7) is 0. The Bertz CT molecular complexity index is 2500. The number of nitrogens with zero attached hydrogens (tertiary/aromatic N) is 1. The van der Waals surface area contributed by atoms with Gasteiger partial charge in [0.15, 0.2) is 0 Å². The van der Waals surface area contributed by atoms with Crippen molar-refractivity contribution in [3.8, 4) is 22.3 Å². The maximum absolute atomic E-state index is 6.46. The summed E-state index contributed by atoms with van der Waals surface area (Å²) in [5, 5.41) is 6.98. The highest BCUT2D eigenvalue weighted by Crippen LogP contribution is 2.45. The predicted molar refractivity (Wildman–Crippen MR) is 194 cm³/mol. The first-order valence-corrected chi connectivity index (χ1v) is 15.7. The van der Waals surface area contributed by atoms with E-state index in [9.17, 15) is 0 Å². The Balaban J connectivity index is 1.26. The standard InChI is InChI=1S/C44H29NO/c1-2-11-30(12-3-1)31-21-25-34(26-22-31)45(35-27-23-33(24-28-35)37-19-10-14-32-13-4-5-15-36(32)37)42-29-41-39-17-8-9-20-43(39)46-44(41)40-18-7-6-16-38(40)42/h1-29H. The predicted octanol–water partition coefficient (Wildman–Crippen LogP) is 12.7. The van der Waals surface area contributed by atoms with Crippen molar-refractivity contribution < 1.29 is 4.42 Å². The Kier molecular flexibility index (Phi) is 6.17. The van der Waals surface area contributed by atoms with E-state index in [1.165, 1.54) is 33.0 Å². The van der Waals surface area contributed by atoms with E-state index in [0.29, 0.717) is 0 Å². The molecular formula is C44H29NO. The highest BCUT2D eigenvalue weighted by Gasteiger charge is 2.20. The largest absolute Gasteiger partial charge is 0.455 e. The first-order chi connectivity index (χ1) is 22.8. The zero-order valence-corrected chi connectivity index (χ0v) is 25.1. The van der Waals surface area contributed by atoms with Gasteiger partial charge in [-0.1, -0.05) is 140 Å². The fourth-order valence-electron chi connectivity index (χ4n) is 6.84. The summed E-state index contributed by atoms with van der Waals surface area (Å²) in [6.07, 6.45) is 0. The van der Waals surface area contributed by atoms with E-state index in [1.54, 1.807) is 0 Å². The van der Waals surface area contributed by atoms with Crippen LogP contribution >= 0.6 is 0 Å². The minimum atomic E-state index is 0.901. The van der Waals surface area contributed by atoms with Crippen LogP contribution in [0.1, 0.15) is 0 Å². The normalized spacial score (nSPS) is 11.5. The number of hydrogen-bond donors (Lipinski definition) is 0. The second-order valence-corrected chi connectivity index (χ2v) is 11.7. The third kappa shape index (κ3) is 4.35. The molecule has 0 spiro atoms. The molecule has 0 aliphatic rings. The van der Waals surface area contributed by atoms with Crippen molar-refractivity contribution in [1.82, 2.24) is 0 Å². The van der Waals surface area contributed by atoms with Crippen LogP contribution < -0.4 is 4.90 Å². The molecule has 2 heteroatoms. The molecule has 1 heterocycles. The Morgan fingerprint density at radius 2 is 0.935 bits per heavy atom. The van der Waals surface area contributed by atoms with Crippen LogP contribution in [-0.2, 0) is 0 Å². The Morgan fingerprint density at radius 3 is 1.70 bits per heavy atom. The van der Waals surface area contributed by atoms with E-state index in [2.05, 4.69) is 175 Å². The lowest BCUT2D eigenvalue weighted by atomic mass is 9.97. The Morgan fingerprint density at radius 1 is 0.370 bits per heavy atom. The van der Waals surface area contributed by atoms with Gasteiger partial charge >= 0.3 is 0 Å². The molecule has 0 saturated heterocycles. The molecule has 0 bridgehead atoms. The van der Waals surface area contributed by atoms with Gasteiger partial charge in [0.05, 0.1) is 5.69 Å². The number of benzene rings is 8. The van der Waals surface area contributed by atoms with E-state index in [1.807, 2.05) is 6.07 Å². The van der Waals surface area contributed by atoms with E-state index < -0.39 is 0 Å². The summed E-state index contributed by atoms with van der Waals surface area (Å²) in [5.74, 6) is 0. The zero-order valence-electron chi connectivity index (χ0n) is 25.1. The SMILES string of the molecule is c1ccc(-c2ccc(N(c3ccc(-c4cccc5ccccc45)cc3)c3cc4c5ccccc5oc4c4ccccc34)cc2)cc1. The molecule has 0 saturated carbocycles. The topological polar surface area (TPSA) is 16.4 Å². The maximum Gasteiger partial charge on any atom is 0.143 e. The molecule has 46 heavy (non-hydrogen) atoms. The van der Waals surface area contributed by atoms with Crippen LogP contribution in [0, 0.1) is 0 Å². The lowest BCUT2D eigenvalue weighted by Gasteiger charge is -2.27. The van der Waals surface area contributed by atoms with Crippen LogP contribution in [0.3, 0.4) is 0 Å². The van der Waals surface area contributed by atoms with Crippen LogP contribution in [0.2, 0.25) is 0 Å². The molecule has 216 valence electrons. The number of fused-ring (bicyclic) bond motifs is 6. The highest BCUT2D eigenvalue weighted by atomic mass is 16.3. The van der Waals surface area contributed by atoms with E-state index >= 15 is 0 Å². The minimum Gasteiger partial charge on any atom is -0.455 e. The lowest BCUT2D eigenvalue weighted by molar-refractivity contribution is 0.672. The van der Waals surface area contributed by atoms with Gasteiger partial charge in [-0.3, -0.25) is 0 Å². The molecule has 0 aliphatic heterocycles. The van der Waals surface area contributed by atoms with Gasteiger partial charge in [0.2, 0.25) is 0 Å². The van der Waals surface area contributed by atoms with Gasteiger partial charge in [-0.25, -0.2) is 0 Å². The third-order valence-electron chi connectivity index (χ3n) is 9.06. The average molecular weight is 588 g/mol. The minimum absolute atomic E-state index is 0.901. The molecule has 0 aliphatic carbocycles. The summed E-state index contributed by atoms with van der Waals surface area (Å²) < 4.78 is 6.46. The van der Waals surface area contributed by atoms with E-state index in [4.69, 9.17) is 4.42 Å². The number of furan rings is 1. The molecule has 8 aromatic carbocycles. The van der Waals surface area contributed by atoms with Gasteiger partial charge in [0, 0.05) is 32.9 Å². The van der Waals surface area contributed by atoms with Crippen molar-refractivity contribution in [1.29, 1.82) is 0 Å². The van der Waals surface area contributed by atoms with Crippen molar-refractivity contribution in [2.45, 2.75) is 0 Å². The second-order valence-electron chi connectivity index (χ2n) is 11.7. The Hall–Kier alpha value is -6.12. The van der Waals surface area contributed by atoms with E-state index in [-0.39, 0.29) is 0 Å². The molecule has 0 fully saturated rings. The molecule has 0 amide bonds. The molecule has 0 N–H and O–H groups in total. The van der Waals surface area contributed by atoms with Crippen molar-refractivity contribution >= 4 is 60.5 Å². The molecule has 9 rings (SSSR count). The number of para-hydroxylation sites is 1. The molecular weight excluding hydrogens is 558 g/mol. The second kappa shape index (κ2) is 10.8. The highest BCUT2D eigenvalue weighted by molar-refractivity contribution is 6.19. The molecule has 0 atom stereocenters. The third-order valence-corrected chi connectivity index (χ3v) is 9.06. The van der Waals surface area contributed by atoms with Crippen molar-refractivity contribution in [3.05, 3.63) is 176 Å². The van der Waals surface area contributed by atoms with Crippen molar-refractivity contribution in [2.75, 3.05) is 4.90 Å². The molecule has 1 aromatic heterocycles. The summed E-state index contributed by atoms with van der Waals surface area (Å²) in [6, 6.07) is 62.7. The molecule has 9 aromatic rings. The summed E-state index contributed by atoms with van der Waals surface area (Å²) in [7, 11) is 0. The molecule has 0 radical (unpaired) electrons. The quantitative estimate of drug-likeness (QED) is 0.199. The number of anilines is 3. The van der Waals surface area contributed by atoms with Crippen LogP contribution in [-0.4, -0.2) is 0 Å². The summed E-state index contributed by atoms with van der Waals surface area (Å²) in [5.41, 5.74) is 9.95. The summed E-state index contributed by atoms with van der Waals surface area (Å²) in [4.78, 5) is 2.38.